The third-order valence-corrected chi connectivity index (χ3v) is 5.27. The lowest BCUT2D eigenvalue weighted by Crippen LogP contribution is -2.22. The molecular formula is C20H15F3N4OS. The molecule has 5 nitrogen and oxygen atoms in total. The van der Waals surface area contributed by atoms with E-state index in [9.17, 15) is 18.0 Å². The van der Waals surface area contributed by atoms with E-state index in [1.165, 1.54) is 22.2 Å². The zero-order chi connectivity index (χ0) is 20.6. The van der Waals surface area contributed by atoms with Crippen LogP contribution in [0.25, 0.3) is 15.3 Å². The molecule has 0 saturated carbocycles. The second kappa shape index (κ2) is 7.32. The third kappa shape index (κ3) is 4.14. The van der Waals surface area contributed by atoms with Crippen molar-refractivity contribution in [3.63, 3.8) is 0 Å². The topological polar surface area (TPSA) is 59.8 Å². The van der Waals surface area contributed by atoms with Crippen LogP contribution in [0.5, 0.6) is 0 Å². The van der Waals surface area contributed by atoms with Crippen LogP contribution in [-0.2, 0) is 12.7 Å². The Morgan fingerprint density at radius 3 is 2.76 bits per heavy atom. The predicted octanol–water partition coefficient (Wildman–Crippen LogP) is 4.74. The van der Waals surface area contributed by atoms with Crippen LogP contribution >= 0.6 is 11.3 Å². The molecule has 0 aliphatic carbocycles. The van der Waals surface area contributed by atoms with Gasteiger partial charge in [0.15, 0.2) is 0 Å². The lowest BCUT2D eigenvalue weighted by molar-refractivity contribution is -0.137. The number of para-hydroxylation sites is 1. The Labute approximate surface area is 167 Å². The summed E-state index contributed by atoms with van der Waals surface area (Å²) in [4.78, 5) is 16.9. The van der Waals surface area contributed by atoms with Crippen LogP contribution in [0.3, 0.4) is 0 Å². The highest BCUT2D eigenvalue weighted by molar-refractivity contribution is 7.20. The van der Waals surface area contributed by atoms with Crippen molar-refractivity contribution in [2.45, 2.75) is 19.6 Å². The Hall–Kier alpha value is -3.20. The summed E-state index contributed by atoms with van der Waals surface area (Å²) in [5, 5.41) is 7.43. The van der Waals surface area contributed by atoms with Crippen molar-refractivity contribution >= 4 is 27.5 Å². The number of hydrogen-bond acceptors (Lipinski definition) is 4. The van der Waals surface area contributed by atoms with Gasteiger partial charge in [-0.2, -0.15) is 18.3 Å². The summed E-state index contributed by atoms with van der Waals surface area (Å²) in [5.41, 5.74) is 1.27. The van der Waals surface area contributed by atoms with E-state index in [0.717, 1.165) is 22.3 Å². The van der Waals surface area contributed by atoms with Crippen molar-refractivity contribution in [3.05, 3.63) is 77.1 Å². The van der Waals surface area contributed by atoms with E-state index in [1.807, 2.05) is 24.3 Å². The maximum Gasteiger partial charge on any atom is 0.416 e. The molecule has 1 amide bonds. The average Bonchev–Trinajstić information content (AvgIpc) is 3.31. The van der Waals surface area contributed by atoms with Crippen LogP contribution in [-0.4, -0.2) is 20.7 Å². The Balaban J connectivity index is 1.48. The van der Waals surface area contributed by atoms with Gasteiger partial charge in [-0.3, -0.25) is 4.79 Å². The van der Waals surface area contributed by atoms with Crippen molar-refractivity contribution in [3.8, 4) is 5.13 Å². The fraction of sp³-hybridized carbons (Fsp3) is 0.150. The number of thiazole rings is 1. The molecule has 29 heavy (non-hydrogen) atoms. The van der Waals surface area contributed by atoms with Crippen molar-refractivity contribution in [1.29, 1.82) is 0 Å². The second-order valence-corrected chi connectivity index (χ2v) is 7.53. The minimum Gasteiger partial charge on any atom is -0.348 e. The Bertz CT molecular complexity index is 1160. The average molecular weight is 416 g/mol. The lowest BCUT2D eigenvalue weighted by atomic mass is 10.1. The van der Waals surface area contributed by atoms with Gasteiger partial charge in [-0.25, -0.2) is 9.67 Å². The van der Waals surface area contributed by atoms with E-state index in [0.29, 0.717) is 21.8 Å². The number of aryl methyl sites for hydroxylation is 1. The summed E-state index contributed by atoms with van der Waals surface area (Å²) >= 11 is 1.44. The summed E-state index contributed by atoms with van der Waals surface area (Å²) in [6, 6.07) is 11.4. The zero-order valence-corrected chi connectivity index (χ0v) is 16.0. The normalized spacial score (nSPS) is 11.7. The number of aromatic nitrogens is 3. The molecule has 0 atom stereocenters. The molecule has 0 saturated heterocycles. The predicted molar refractivity (Wildman–Crippen MR) is 104 cm³/mol. The molecule has 9 heteroatoms. The van der Waals surface area contributed by atoms with Gasteiger partial charge in [-0.15, -0.1) is 0 Å². The van der Waals surface area contributed by atoms with E-state index >= 15 is 0 Å². The fourth-order valence-electron chi connectivity index (χ4n) is 2.92. The van der Waals surface area contributed by atoms with Gasteiger partial charge in [0.25, 0.3) is 5.91 Å². The molecule has 0 radical (unpaired) electrons. The van der Waals surface area contributed by atoms with E-state index in [-0.39, 0.29) is 6.54 Å². The van der Waals surface area contributed by atoms with E-state index < -0.39 is 17.6 Å². The highest BCUT2D eigenvalue weighted by Crippen LogP contribution is 2.30. The zero-order valence-electron chi connectivity index (χ0n) is 15.2. The number of alkyl halides is 3. The van der Waals surface area contributed by atoms with Gasteiger partial charge in [-0.1, -0.05) is 35.1 Å². The van der Waals surface area contributed by atoms with E-state index in [4.69, 9.17) is 0 Å². The SMILES string of the molecule is Cc1cc(CNC(=O)c2cnn(-c3nc4ccccc4s3)c2)cc(C(F)(F)F)c1. The van der Waals surface area contributed by atoms with Gasteiger partial charge in [0, 0.05) is 12.7 Å². The van der Waals surface area contributed by atoms with Crippen LogP contribution in [0.15, 0.2) is 54.9 Å². The maximum atomic E-state index is 12.9. The number of halogens is 3. The molecular weight excluding hydrogens is 401 g/mol. The number of amides is 1. The molecule has 0 fully saturated rings. The minimum absolute atomic E-state index is 0.0179. The third-order valence-electron chi connectivity index (χ3n) is 4.24. The Kier molecular flexibility index (Phi) is 4.83. The van der Waals surface area contributed by atoms with Crippen LogP contribution in [0.4, 0.5) is 13.2 Å². The first-order chi connectivity index (χ1) is 13.8. The van der Waals surface area contributed by atoms with E-state index in [1.54, 1.807) is 19.2 Å². The molecule has 2 aromatic carbocycles. The quantitative estimate of drug-likeness (QED) is 0.523. The molecule has 2 aromatic heterocycles. The number of rotatable bonds is 4. The molecule has 0 aliphatic heterocycles. The van der Waals surface area contributed by atoms with Crippen LogP contribution < -0.4 is 5.32 Å². The van der Waals surface area contributed by atoms with Gasteiger partial charge in [-0.05, 0) is 36.8 Å². The maximum absolute atomic E-state index is 12.9. The van der Waals surface area contributed by atoms with Gasteiger partial charge >= 0.3 is 6.18 Å². The number of carbonyl (C=O) groups is 1. The number of fused-ring (bicyclic) bond motifs is 1. The number of carbonyl (C=O) groups excluding carboxylic acids is 1. The molecule has 148 valence electrons. The monoisotopic (exact) mass is 416 g/mol. The Morgan fingerprint density at radius 1 is 1.21 bits per heavy atom. The molecule has 4 aromatic rings. The molecule has 1 N–H and O–H groups in total. The molecule has 2 heterocycles. The van der Waals surface area contributed by atoms with Gasteiger partial charge in [0.2, 0.25) is 5.13 Å². The van der Waals surface area contributed by atoms with Crippen molar-refractivity contribution in [2.75, 3.05) is 0 Å². The summed E-state index contributed by atoms with van der Waals surface area (Å²) in [6.45, 7) is 1.57. The summed E-state index contributed by atoms with van der Waals surface area (Å²) in [5.74, 6) is -0.424. The number of hydrogen-bond donors (Lipinski definition) is 1. The number of nitrogens with one attached hydrogen (secondary N) is 1. The number of benzene rings is 2. The van der Waals surface area contributed by atoms with Crippen LogP contribution in [0.1, 0.15) is 27.0 Å². The molecule has 0 bridgehead atoms. The van der Waals surface area contributed by atoms with Gasteiger partial charge < -0.3 is 5.32 Å². The molecule has 0 unspecified atom stereocenters. The van der Waals surface area contributed by atoms with Gasteiger partial charge in [0.1, 0.15) is 0 Å². The second-order valence-electron chi connectivity index (χ2n) is 6.53. The molecule has 0 aliphatic rings. The van der Waals surface area contributed by atoms with Gasteiger partial charge in [0.05, 0.1) is 27.5 Å². The highest BCUT2D eigenvalue weighted by atomic mass is 32.1. The standard InChI is InChI=1S/C20H15F3N4OS/c1-12-6-13(8-15(7-12)20(21,22)23)9-24-18(28)14-10-25-27(11-14)19-26-16-4-2-3-5-17(16)29-19/h2-8,10-11H,9H2,1H3,(H,24,28). The first-order valence-electron chi connectivity index (χ1n) is 8.66. The largest absolute Gasteiger partial charge is 0.416 e. The highest BCUT2D eigenvalue weighted by Gasteiger charge is 2.30. The first kappa shape index (κ1) is 19.1. The molecule has 4 rings (SSSR count). The van der Waals surface area contributed by atoms with Crippen LogP contribution in [0.2, 0.25) is 0 Å². The fourth-order valence-corrected chi connectivity index (χ4v) is 3.81. The lowest BCUT2D eigenvalue weighted by Gasteiger charge is -2.11. The summed E-state index contributed by atoms with van der Waals surface area (Å²) < 4.78 is 41.4. The van der Waals surface area contributed by atoms with Crippen molar-refractivity contribution < 1.29 is 18.0 Å². The van der Waals surface area contributed by atoms with Crippen LogP contribution in [0, 0.1) is 6.92 Å². The minimum atomic E-state index is -4.43. The molecule has 0 spiro atoms. The van der Waals surface area contributed by atoms with Crippen molar-refractivity contribution in [1.82, 2.24) is 20.1 Å². The summed E-state index contributed by atoms with van der Waals surface area (Å²) in [7, 11) is 0. The Morgan fingerprint density at radius 2 is 2.00 bits per heavy atom. The smallest absolute Gasteiger partial charge is 0.348 e. The summed E-state index contributed by atoms with van der Waals surface area (Å²) in [6.07, 6.45) is -1.48. The van der Waals surface area contributed by atoms with E-state index in [2.05, 4.69) is 15.4 Å². The van der Waals surface area contributed by atoms with Crippen molar-refractivity contribution in [2.24, 2.45) is 0 Å². The number of nitrogens with zero attached hydrogens (tertiary/aromatic N) is 3. The first-order valence-corrected chi connectivity index (χ1v) is 9.48.